The zero-order valence-electron chi connectivity index (χ0n) is 8.20. The van der Waals surface area contributed by atoms with Crippen LogP contribution in [0.1, 0.15) is 6.92 Å². The Kier molecular flexibility index (Phi) is 6.48. The van der Waals surface area contributed by atoms with E-state index in [4.69, 9.17) is 5.11 Å². The van der Waals surface area contributed by atoms with Crippen LogP contribution in [0.4, 0.5) is 0 Å². The lowest BCUT2D eigenvalue weighted by atomic mass is 10.3. The monoisotopic (exact) mass is 236 g/mol. The number of carboxylic acid groups (broad SMARTS) is 1. The Hall–Kier alpha value is -0.620. The maximum absolute atomic E-state index is 11.3. The van der Waals surface area contributed by atoms with Crippen molar-refractivity contribution in [1.82, 2.24) is 0 Å². The van der Waals surface area contributed by atoms with Crippen molar-refractivity contribution in [2.45, 2.75) is 6.92 Å². The number of carbonyl (C=O) groups is 2. The van der Waals surface area contributed by atoms with Gasteiger partial charge in [-0.25, -0.2) is 9.59 Å². The van der Waals surface area contributed by atoms with E-state index in [-0.39, 0.29) is 12.2 Å². The van der Waals surface area contributed by atoms with E-state index in [1.54, 1.807) is 19.4 Å². The van der Waals surface area contributed by atoms with Gasteiger partial charge in [-0.1, -0.05) is 0 Å². The number of esters is 1. The van der Waals surface area contributed by atoms with Crippen molar-refractivity contribution in [3.05, 3.63) is 9.81 Å². The fourth-order valence-electron chi connectivity index (χ4n) is 0.749. The molecule has 0 rings (SSSR count). The molecule has 0 radical (unpaired) electrons. The summed E-state index contributed by atoms with van der Waals surface area (Å²) in [6.45, 7) is 1.81. The van der Waals surface area contributed by atoms with Crippen molar-refractivity contribution in [1.29, 1.82) is 0 Å². The first-order valence-electron chi connectivity index (χ1n) is 3.81. The molecule has 4 nitrogen and oxygen atoms in total. The minimum absolute atomic E-state index is 0.172. The first kappa shape index (κ1) is 13.4. The molecule has 80 valence electrons. The van der Waals surface area contributed by atoms with E-state index in [1.165, 1.54) is 23.5 Å². The molecule has 0 saturated heterocycles. The predicted molar refractivity (Wildman–Crippen MR) is 58.3 cm³/mol. The van der Waals surface area contributed by atoms with Crippen molar-refractivity contribution in [3.63, 3.8) is 0 Å². The Balaban J connectivity index is 5.01. The van der Waals surface area contributed by atoms with Gasteiger partial charge in [0, 0.05) is 0 Å². The van der Waals surface area contributed by atoms with Crippen LogP contribution >= 0.6 is 23.5 Å². The highest BCUT2D eigenvalue weighted by molar-refractivity contribution is 8.21. The maximum Gasteiger partial charge on any atom is 0.347 e. The van der Waals surface area contributed by atoms with Gasteiger partial charge in [-0.2, -0.15) is 0 Å². The van der Waals surface area contributed by atoms with E-state index in [9.17, 15) is 9.59 Å². The lowest BCUT2D eigenvalue weighted by Crippen LogP contribution is -2.16. The van der Waals surface area contributed by atoms with Gasteiger partial charge in [0.25, 0.3) is 0 Å². The second-order valence-electron chi connectivity index (χ2n) is 2.10. The lowest BCUT2D eigenvalue weighted by molar-refractivity contribution is -0.143. The molecule has 0 aromatic heterocycles. The molecular weight excluding hydrogens is 224 g/mol. The molecule has 0 fully saturated rings. The number of carboxylic acids is 1. The average Bonchev–Trinajstić information content (AvgIpc) is 2.13. The van der Waals surface area contributed by atoms with E-state index >= 15 is 0 Å². The molecule has 0 aliphatic heterocycles. The first-order chi connectivity index (χ1) is 6.58. The minimum Gasteiger partial charge on any atom is -0.477 e. The molecule has 0 atom stereocenters. The van der Waals surface area contributed by atoms with Crippen LogP contribution < -0.4 is 0 Å². The molecule has 0 bridgehead atoms. The van der Waals surface area contributed by atoms with E-state index in [0.717, 1.165) is 0 Å². The number of hydrogen-bond donors (Lipinski definition) is 1. The molecule has 0 saturated carbocycles. The molecule has 0 unspecified atom stereocenters. The Morgan fingerprint density at radius 2 is 1.79 bits per heavy atom. The fourth-order valence-corrected chi connectivity index (χ4v) is 2.16. The molecule has 14 heavy (non-hydrogen) atoms. The smallest absolute Gasteiger partial charge is 0.347 e. The van der Waals surface area contributed by atoms with Gasteiger partial charge >= 0.3 is 11.9 Å². The standard InChI is InChI=1S/C8H12O4S2/c1-4-12-7(11)5(6(9)10)8(13-2)14-3/h4H2,1-3H3,(H,9,10). The highest BCUT2D eigenvalue weighted by atomic mass is 32.2. The van der Waals surface area contributed by atoms with Crippen molar-refractivity contribution in [2.75, 3.05) is 19.1 Å². The molecule has 0 aromatic rings. The third kappa shape index (κ3) is 3.63. The van der Waals surface area contributed by atoms with Crippen LogP contribution in [0, 0.1) is 0 Å². The van der Waals surface area contributed by atoms with Crippen LogP contribution in [0.5, 0.6) is 0 Å². The van der Waals surface area contributed by atoms with Crippen LogP contribution in [0.3, 0.4) is 0 Å². The SMILES string of the molecule is CCOC(=O)C(C(=O)O)=C(SC)SC. The molecular formula is C8H12O4S2. The zero-order chi connectivity index (χ0) is 11.1. The fraction of sp³-hybridized carbons (Fsp3) is 0.500. The third-order valence-corrected chi connectivity index (χ3v) is 3.42. The Morgan fingerprint density at radius 1 is 1.29 bits per heavy atom. The molecule has 0 spiro atoms. The molecule has 6 heteroatoms. The largest absolute Gasteiger partial charge is 0.477 e. The summed E-state index contributed by atoms with van der Waals surface area (Å²) in [5, 5.41) is 8.82. The maximum atomic E-state index is 11.3. The number of rotatable bonds is 5. The second kappa shape index (κ2) is 6.78. The number of carbonyl (C=O) groups excluding carboxylic acids is 1. The summed E-state index contributed by atoms with van der Waals surface area (Å²) in [6.07, 6.45) is 3.43. The van der Waals surface area contributed by atoms with Crippen molar-refractivity contribution >= 4 is 35.5 Å². The number of ether oxygens (including phenoxy) is 1. The van der Waals surface area contributed by atoms with Gasteiger partial charge < -0.3 is 9.84 Å². The molecule has 0 aliphatic rings. The highest BCUT2D eigenvalue weighted by Gasteiger charge is 2.23. The van der Waals surface area contributed by atoms with Gasteiger partial charge in [0.15, 0.2) is 5.57 Å². The molecule has 0 heterocycles. The second-order valence-corrected chi connectivity index (χ2v) is 3.99. The Morgan fingerprint density at radius 3 is 2.07 bits per heavy atom. The normalized spacial score (nSPS) is 9.36. The zero-order valence-corrected chi connectivity index (χ0v) is 9.83. The summed E-state index contributed by atoms with van der Waals surface area (Å²) < 4.78 is 5.10. The van der Waals surface area contributed by atoms with Gasteiger partial charge in [0.05, 0.1) is 10.8 Å². The first-order valence-corrected chi connectivity index (χ1v) is 6.26. The van der Waals surface area contributed by atoms with E-state index in [0.29, 0.717) is 4.24 Å². The predicted octanol–water partition coefficient (Wildman–Crippen LogP) is 1.57. The molecule has 0 amide bonds. The van der Waals surface area contributed by atoms with Crippen LogP contribution in [-0.4, -0.2) is 36.2 Å². The Labute approximate surface area is 91.1 Å². The molecule has 1 N–H and O–H groups in total. The van der Waals surface area contributed by atoms with Crippen molar-refractivity contribution in [2.24, 2.45) is 0 Å². The Bertz CT molecular complexity index is 254. The summed E-state index contributed by atoms with van der Waals surface area (Å²) in [4.78, 5) is 22.0. The molecule has 0 aliphatic carbocycles. The van der Waals surface area contributed by atoms with Crippen molar-refractivity contribution < 1.29 is 19.4 Å². The average molecular weight is 236 g/mol. The number of hydrogen-bond acceptors (Lipinski definition) is 5. The topological polar surface area (TPSA) is 63.6 Å². The summed E-state index contributed by atoms with van der Waals surface area (Å²) in [7, 11) is 0. The van der Waals surface area contributed by atoms with Crippen LogP contribution in [0.2, 0.25) is 0 Å². The van der Waals surface area contributed by atoms with Gasteiger partial charge in [-0.05, 0) is 19.4 Å². The summed E-state index contributed by atoms with van der Waals surface area (Å²) in [5.41, 5.74) is -0.285. The summed E-state index contributed by atoms with van der Waals surface area (Å²) in [5.74, 6) is -2.03. The van der Waals surface area contributed by atoms with Crippen LogP contribution in [0.15, 0.2) is 9.81 Å². The minimum atomic E-state index is -1.25. The quantitative estimate of drug-likeness (QED) is 0.338. The molecule has 0 aromatic carbocycles. The number of thioether (sulfide) groups is 2. The van der Waals surface area contributed by atoms with Gasteiger partial charge in [-0.3, -0.25) is 0 Å². The summed E-state index contributed by atoms with van der Waals surface area (Å²) in [6, 6.07) is 0. The number of aliphatic carboxylic acids is 1. The van der Waals surface area contributed by atoms with E-state index in [2.05, 4.69) is 4.74 Å². The van der Waals surface area contributed by atoms with E-state index in [1.807, 2.05) is 0 Å². The van der Waals surface area contributed by atoms with Crippen LogP contribution in [0.25, 0.3) is 0 Å². The van der Waals surface area contributed by atoms with Crippen LogP contribution in [-0.2, 0) is 14.3 Å². The van der Waals surface area contributed by atoms with Gasteiger partial charge in [-0.15, -0.1) is 23.5 Å². The third-order valence-electron chi connectivity index (χ3n) is 1.27. The van der Waals surface area contributed by atoms with E-state index < -0.39 is 11.9 Å². The van der Waals surface area contributed by atoms with Gasteiger partial charge in [0.1, 0.15) is 0 Å². The summed E-state index contributed by atoms with van der Waals surface area (Å²) >= 11 is 2.44. The highest BCUT2D eigenvalue weighted by Crippen LogP contribution is 2.28. The van der Waals surface area contributed by atoms with Crippen molar-refractivity contribution in [3.8, 4) is 0 Å². The van der Waals surface area contributed by atoms with Gasteiger partial charge in [0.2, 0.25) is 0 Å². The lowest BCUT2D eigenvalue weighted by Gasteiger charge is -2.06.